The molecular weight excluding hydrogens is 408 g/mol. The number of nitrogens with zero attached hydrogens (tertiary/aromatic N) is 3. The van der Waals surface area contributed by atoms with Crippen molar-refractivity contribution in [2.75, 3.05) is 19.8 Å². The first kappa shape index (κ1) is 20.5. The summed E-state index contributed by atoms with van der Waals surface area (Å²) in [7, 11) is 0. The first-order valence-electron chi connectivity index (χ1n) is 11.1. The summed E-state index contributed by atoms with van der Waals surface area (Å²) in [5, 5.41) is 7.12. The van der Waals surface area contributed by atoms with Crippen LogP contribution in [0.4, 0.5) is 0 Å². The summed E-state index contributed by atoms with van der Waals surface area (Å²) in [6.45, 7) is 1.76. The van der Waals surface area contributed by atoms with E-state index in [1.54, 1.807) is 12.4 Å². The van der Waals surface area contributed by atoms with Crippen LogP contribution in [0.2, 0.25) is 0 Å². The molecule has 2 aliphatic rings. The van der Waals surface area contributed by atoms with Crippen molar-refractivity contribution in [3.8, 4) is 22.9 Å². The van der Waals surface area contributed by atoms with Crippen molar-refractivity contribution in [2.45, 2.75) is 43.9 Å². The van der Waals surface area contributed by atoms with Crippen LogP contribution in [0.15, 0.2) is 47.2 Å². The zero-order valence-electron chi connectivity index (χ0n) is 17.9. The van der Waals surface area contributed by atoms with Crippen molar-refractivity contribution >= 4 is 5.91 Å². The molecule has 1 aliphatic carbocycles. The van der Waals surface area contributed by atoms with Crippen LogP contribution in [0.3, 0.4) is 0 Å². The average Bonchev–Trinajstić information content (AvgIpc) is 3.52. The fraction of sp³-hybridized carbons (Fsp3) is 0.417. The molecular formula is C24H26N4O4. The third kappa shape index (κ3) is 4.30. The van der Waals surface area contributed by atoms with Crippen LogP contribution in [0, 0.1) is 0 Å². The number of nitrogens with one attached hydrogen (secondary N) is 1. The average molecular weight is 434 g/mol. The van der Waals surface area contributed by atoms with Gasteiger partial charge in [0.05, 0.1) is 0 Å². The molecule has 0 atom stereocenters. The van der Waals surface area contributed by atoms with E-state index in [0.29, 0.717) is 44.3 Å². The highest BCUT2D eigenvalue weighted by molar-refractivity contribution is 5.76. The number of hydrogen-bond donors (Lipinski definition) is 1. The molecule has 0 spiro atoms. The van der Waals surface area contributed by atoms with E-state index >= 15 is 0 Å². The molecule has 0 bridgehead atoms. The van der Waals surface area contributed by atoms with Gasteiger partial charge in [-0.3, -0.25) is 9.78 Å². The maximum atomic E-state index is 12.6. The Morgan fingerprint density at radius 3 is 2.75 bits per heavy atom. The minimum absolute atomic E-state index is 0.0186. The van der Waals surface area contributed by atoms with E-state index in [9.17, 15) is 4.79 Å². The van der Waals surface area contributed by atoms with Crippen LogP contribution >= 0.6 is 0 Å². The summed E-state index contributed by atoms with van der Waals surface area (Å²) in [5.41, 5.74) is 1.93. The zero-order valence-corrected chi connectivity index (χ0v) is 17.9. The van der Waals surface area contributed by atoms with Crippen molar-refractivity contribution < 1.29 is 18.8 Å². The lowest BCUT2D eigenvalue weighted by Gasteiger charge is -2.31. The van der Waals surface area contributed by atoms with Crippen LogP contribution in [0.5, 0.6) is 11.5 Å². The van der Waals surface area contributed by atoms with Gasteiger partial charge in [0.25, 0.3) is 0 Å². The highest BCUT2D eigenvalue weighted by atomic mass is 16.6. The Hall–Kier alpha value is -3.42. The van der Waals surface area contributed by atoms with Gasteiger partial charge in [0.1, 0.15) is 13.2 Å². The van der Waals surface area contributed by atoms with Gasteiger partial charge >= 0.3 is 0 Å². The van der Waals surface area contributed by atoms with Gasteiger partial charge in [-0.05, 0) is 42.7 Å². The zero-order chi connectivity index (χ0) is 21.8. The van der Waals surface area contributed by atoms with Crippen molar-refractivity contribution in [1.82, 2.24) is 20.4 Å². The van der Waals surface area contributed by atoms with Gasteiger partial charge in [-0.15, -0.1) is 0 Å². The Kier molecular flexibility index (Phi) is 5.75. The third-order valence-electron chi connectivity index (χ3n) is 6.29. The normalized spacial score (nSPS) is 16.6. The van der Waals surface area contributed by atoms with Gasteiger partial charge in [-0.1, -0.05) is 24.1 Å². The predicted octanol–water partition coefficient (Wildman–Crippen LogP) is 3.46. The van der Waals surface area contributed by atoms with Gasteiger partial charge in [0.15, 0.2) is 11.5 Å². The Labute approximate surface area is 186 Å². The van der Waals surface area contributed by atoms with E-state index in [1.165, 1.54) is 5.56 Å². The Morgan fingerprint density at radius 2 is 1.94 bits per heavy atom. The van der Waals surface area contributed by atoms with Crippen LogP contribution in [-0.4, -0.2) is 40.8 Å². The third-order valence-corrected chi connectivity index (χ3v) is 6.29. The highest BCUT2D eigenvalue weighted by Crippen LogP contribution is 2.43. The maximum absolute atomic E-state index is 12.6. The first-order chi connectivity index (χ1) is 15.7. The second-order valence-electron chi connectivity index (χ2n) is 8.38. The molecule has 1 amide bonds. The number of benzene rings is 1. The number of rotatable bonds is 7. The molecule has 3 aromatic rings. The summed E-state index contributed by atoms with van der Waals surface area (Å²) in [4.78, 5) is 21.0. The predicted molar refractivity (Wildman–Crippen MR) is 116 cm³/mol. The van der Waals surface area contributed by atoms with Gasteiger partial charge in [0, 0.05) is 42.8 Å². The molecule has 1 aliphatic heterocycles. The number of fused-ring (bicyclic) bond motifs is 1. The molecule has 1 fully saturated rings. The first-order valence-corrected chi connectivity index (χ1v) is 11.1. The molecule has 1 aromatic carbocycles. The minimum Gasteiger partial charge on any atom is -0.486 e. The van der Waals surface area contributed by atoms with E-state index < -0.39 is 0 Å². The van der Waals surface area contributed by atoms with Crippen molar-refractivity contribution in [3.05, 3.63) is 54.2 Å². The van der Waals surface area contributed by atoms with Crippen LogP contribution in [0.25, 0.3) is 11.4 Å². The number of amides is 1. The molecule has 3 heterocycles. The number of carbonyl (C=O) groups is 1. The summed E-state index contributed by atoms with van der Waals surface area (Å²) in [6, 6.07) is 9.88. The fourth-order valence-corrected chi connectivity index (χ4v) is 4.54. The van der Waals surface area contributed by atoms with Crippen molar-refractivity contribution in [3.63, 3.8) is 0 Å². The number of aryl methyl sites for hydroxylation is 1. The molecule has 0 unspecified atom stereocenters. The molecule has 0 saturated heterocycles. The van der Waals surface area contributed by atoms with Gasteiger partial charge < -0.3 is 19.3 Å². The van der Waals surface area contributed by atoms with E-state index in [0.717, 1.165) is 42.7 Å². The fourth-order valence-electron chi connectivity index (χ4n) is 4.54. The number of aromatic nitrogens is 3. The number of hydrogen-bond acceptors (Lipinski definition) is 7. The molecule has 5 rings (SSSR count). The Balaban J connectivity index is 1.19. The SMILES string of the molecule is O=C(CCc1nc(-c2cccnc2)no1)NCC1(c2ccc3c(c2)OCCO3)CCCC1. The lowest BCUT2D eigenvalue weighted by atomic mass is 9.78. The van der Waals surface area contributed by atoms with Crippen LogP contribution < -0.4 is 14.8 Å². The second kappa shape index (κ2) is 8.98. The van der Waals surface area contributed by atoms with Crippen molar-refractivity contribution in [2.24, 2.45) is 0 Å². The standard InChI is InChI=1S/C24H26N4O4/c29-21(7-8-22-27-23(28-32-22)17-4-3-11-25-15-17)26-16-24(9-1-2-10-24)18-5-6-19-20(14-18)31-13-12-30-19/h3-6,11,14-15H,1-2,7-10,12-13,16H2,(H,26,29). The van der Waals surface area contributed by atoms with E-state index in [2.05, 4.69) is 32.6 Å². The minimum atomic E-state index is -0.0660. The van der Waals surface area contributed by atoms with Crippen LogP contribution in [-0.2, 0) is 16.6 Å². The van der Waals surface area contributed by atoms with Gasteiger partial charge in [-0.25, -0.2) is 0 Å². The summed E-state index contributed by atoms with van der Waals surface area (Å²) in [5.74, 6) is 2.50. The van der Waals surface area contributed by atoms with E-state index in [4.69, 9.17) is 14.0 Å². The molecule has 32 heavy (non-hydrogen) atoms. The molecule has 2 aromatic heterocycles. The number of ether oxygens (including phenoxy) is 2. The Morgan fingerprint density at radius 1 is 1.09 bits per heavy atom. The summed E-state index contributed by atoms with van der Waals surface area (Å²) < 4.78 is 16.7. The molecule has 8 nitrogen and oxygen atoms in total. The highest BCUT2D eigenvalue weighted by Gasteiger charge is 2.36. The monoisotopic (exact) mass is 434 g/mol. The van der Waals surface area contributed by atoms with E-state index in [-0.39, 0.29) is 11.3 Å². The summed E-state index contributed by atoms with van der Waals surface area (Å²) in [6.07, 6.45) is 8.47. The number of carbonyl (C=O) groups excluding carboxylic acids is 1. The largest absolute Gasteiger partial charge is 0.486 e. The van der Waals surface area contributed by atoms with E-state index in [1.807, 2.05) is 18.2 Å². The quantitative estimate of drug-likeness (QED) is 0.608. The topological polar surface area (TPSA) is 99.4 Å². The maximum Gasteiger partial charge on any atom is 0.227 e. The van der Waals surface area contributed by atoms with Crippen LogP contribution in [0.1, 0.15) is 43.6 Å². The molecule has 0 radical (unpaired) electrons. The lowest BCUT2D eigenvalue weighted by Crippen LogP contribution is -2.39. The second-order valence-corrected chi connectivity index (χ2v) is 8.38. The lowest BCUT2D eigenvalue weighted by molar-refractivity contribution is -0.121. The van der Waals surface area contributed by atoms with Gasteiger partial charge in [0.2, 0.25) is 17.6 Å². The summed E-state index contributed by atoms with van der Waals surface area (Å²) >= 11 is 0. The molecule has 8 heteroatoms. The number of pyridine rings is 1. The Bertz CT molecular complexity index is 1080. The van der Waals surface area contributed by atoms with Crippen molar-refractivity contribution in [1.29, 1.82) is 0 Å². The molecule has 1 saturated carbocycles. The molecule has 166 valence electrons. The smallest absolute Gasteiger partial charge is 0.227 e. The molecule has 1 N–H and O–H groups in total. The van der Waals surface area contributed by atoms with Gasteiger partial charge in [-0.2, -0.15) is 4.98 Å².